The lowest BCUT2D eigenvalue weighted by atomic mass is 10.1. The van der Waals surface area contributed by atoms with E-state index in [1.54, 1.807) is 36.4 Å². The van der Waals surface area contributed by atoms with E-state index < -0.39 is 5.91 Å². The van der Waals surface area contributed by atoms with Gasteiger partial charge in [0.05, 0.1) is 11.4 Å². The largest absolute Gasteiger partial charge is 0.733 e. The Morgan fingerprint density at radius 3 is 2.59 bits per heavy atom. The van der Waals surface area contributed by atoms with Crippen molar-refractivity contribution in [2.45, 2.75) is 6.92 Å². The van der Waals surface area contributed by atoms with Crippen molar-refractivity contribution < 1.29 is 19.5 Å². The molecule has 1 aliphatic rings. The van der Waals surface area contributed by atoms with E-state index in [2.05, 4.69) is 5.32 Å². The molecular formula is C20H15N2O5-. The number of carbonyl (C=O) groups excluding carboxylic acids is 1. The van der Waals surface area contributed by atoms with Crippen LogP contribution in [0.4, 0.5) is 11.4 Å². The fraction of sp³-hybridized carbons (Fsp3) is 0.0500. The first kappa shape index (κ1) is 16.9. The third kappa shape index (κ3) is 3.29. The summed E-state index contributed by atoms with van der Waals surface area (Å²) in [6.07, 6.45) is 0. The molecule has 4 rings (SSSR count). The summed E-state index contributed by atoms with van der Waals surface area (Å²) in [5.74, 6) is 0.652. The third-order valence-electron chi connectivity index (χ3n) is 4.07. The molecule has 0 unspecified atom stereocenters. The Balaban J connectivity index is 1.87. The van der Waals surface area contributed by atoms with Crippen LogP contribution < -0.4 is 20.0 Å². The Labute approximate surface area is 154 Å². The number of nitrogens with zero attached hydrogens (tertiary/aromatic N) is 1. The van der Waals surface area contributed by atoms with E-state index in [0.29, 0.717) is 17.2 Å². The Morgan fingerprint density at radius 2 is 1.85 bits per heavy atom. The van der Waals surface area contributed by atoms with Crippen LogP contribution in [0, 0.1) is 12.1 Å². The summed E-state index contributed by atoms with van der Waals surface area (Å²) in [6.45, 7) is 1.89. The Bertz CT molecular complexity index is 1020. The molecule has 1 heterocycles. The maximum atomic E-state index is 12.8. The Morgan fingerprint density at radius 1 is 1.07 bits per heavy atom. The van der Waals surface area contributed by atoms with E-state index in [4.69, 9.17) is 9.47 Å². The van der Waals surface area contributed by atoms with Crippen molar-refractivity contribution in [3.05, 3.63) is 77.0 Å². The van der Waals surface area contributed by atoms with Crippen LogP contribution in [0.3, 0.4) is 0 Å². The van der Waals surface area contributed by atoms with Gasteiger partial charge in [0.2, 0.25) is 0 Å². The third-order valence-corrected chi connectivity index (χ3v) is 4.07. The predicted molar refractivity (Wildman–Crippen MR) is 99.8 cm³/mol. The minimum absolute atomic E-state index is 0.0885. The lowest BCUT2D eigenvalue weighted by molar-refractivity contribution is 0.102. The molecule has 0 atom stereocenters. The van der Waals surface area contributed by atoms with E-state index in [9.17, 15) is 15.2 Å². The highest BCUT2D eigenvalue weighted by Gasteiger charge is 2.26. The second kappa shape index (κ2) is 6.64. The van der Waals surface area contributed by atoms with E-state index in [-0.39, 0.29) is 28.0 Å². The highest BCUT2D eigenvalue weighted by molar-refractivity contribution is 6.10. The van der Waals surface area contributed by atoms with Crippen molar-refractivity contribution >= 4 is 17.3 Å². The zero-order valence-corrected chi connectivity index (χ0v) is 14.3. The SMILES string of the molecule is Cc1ccc2c(c1)Oc1cc(N([O-])O)cc(Oc3ccccc3)c1C(=O)N2. The van der Waals surface area contributed by atoms with Crippen LogP contribution >= 0.6 is 0 Å². The van der Waals surface area contributed by atoms with Gasteiger partial charge < -0.3 is 25.2 Å². The van der Waals surface area contributed by atoms with Gasteiger partial charge in [0, 0.05) is 12.1 Å². The highest BCUT2D eigenvalue weighted by Crippen LogP contribution is 2.43. The molecule has 0 saturated heterocycles. The number of fused-ring (bicyclic) bond motifs is 2. The number of rotatable bonds is 3. The standard InChI is InChI=1S/C20H15N2O5/c1-12-7-8-15-16(9-12)27-18-11-13(22(24)25)10-17(19(18)20(23)21-15)26-14-5-3-2-4-6-14/h2-11,24H,1H3,(H,21,23)/q-1. The summed E-state index contributed by atoms with van der Waals surface area (Å²) in [6, 6.07) is 16.7. The normalized spacial score (nSPS) is 12.2. The summed E-state index contributed by atoms with van der Waals surface area (Å²) >= 11 is 0. The number of ether oxygens (including phenoxy) is 2. The fourth-order valence-corrected chi connectivity index (χ4v) is 2.81. The van der Waals surface area contributed by atoms with E-state index in [1.807, 2.05) is 19.1 Å². The summed E-state index contributed by atoms with van der Waals surface area (Å²) in [4.78, 5) is 12.8. The molecule has 7 nitrogen and oxygen atoms in total. The zero-order valence-electron chi connectivity index (χ0n) is 14.3. The predicted octanol–water partition coefficient (Wildman–Crippen LogP) is 4.84. The van der Waals surface area contributed by atoms with Gasteiger partial charge in [0.1, 0.15) is 22.8 Å². The second-order valence-corrected chi connectivity index (χ2v) is 6.06. The molecule has 0 saturated carbocycles. The van der Waals surface area contributed by atoms with Crippen molar-refractivity contribution in [2.75, 3.05) is 10.5 Å². The number of amides is 1. The molecule has 0 aliphatic carbocycles. The molecule has 7 heteroatoms. The summed E-state index contributed by atoms with van der Waals surface area (Å²) in [5, 5.41) is 23.3. The van der Waals surface area contributed by atoms with Crippen LogP contribution in [0.2, 0.25) is 0 Å². The molecule has 0 aromatic heterocycles. The average Bonchev–Trinajstić information content (AvgIpc) is 2.78. The molecule has 2 N–H and O–H groups in total. The van der Waals surface area contributed by atoms with Gasteiger partial charge in [-0.15, -0.1) is 0 Å². The van der Waals surface area contributed by atoms with Crippen molar-refractivity contribution in [3.63, 3.8) is 0 Å². The lowest BCUT2D eigenvalue weighted by Crippen LogP contribution is -2.13. The van der Waals surface area contributed by atoms with Crippen LogP contribution in [0.25, 0.3) is 0 Å². The molecule has 3 aromatic rings. The lowest BCUT2D eigenvalue weighted by Gasteiger charge is -2.24. The van der Waals surface area contributed by atoms with Gasteiger partial charge in [-0.3, -0.25) is 10.0 Å². The average molecular weight is 363 g/mol. The second-order valence-electron chi connectivity index (χ2n) is 6.06. The summed E-state index contributed by atoms with van der Waals surface area (Å²) in [7, 11) is 0. The first-order valence-electron chi connectivity index (χ1n) is 8.18. The molecule has 3 aromatic carbocycles. The van der Waals surface area contributed by atoms with Crippen molar-refractivity contribution in [1.29, 1.82) is 0 Å². The maximum absolute atomic E-state index is 12.8. The molecule has 0 radical (unpaired) electrons. The number of benzene rings is 3. The summed E-state index contributed by atoms with van der Waals surface area (Å²) < 4.78 is 11.7. The Hall–Kier alpha value is -3.55. The number of aryl methyl sites for hydroxylation is 1. The minimum atomic E-state index is -0.444. The maximum Gasteiger partial charge on any atom is 0.263 e. The van der Waals surface area contributed by atoms with Gasteiger partial charge >= 0.3 is 0 Å². The van der Waals surface area contributed by atoms with Crippen molar-refractivity contribution in [2.24, 2.45) is 0 Å². The molecule has 136 valence electrons. The number of para-hydroxylation sites is 1. The first-order chi connectivity index (χ1) is 13.0. The van der Waals surface area contributed by atoms with Crippen LogP contribution in [0.15, 0.2) is 60.7 Å². The fourth-order valence-electron chi connectivity index (χ4n) is 2.81. The van der Waals surface area contributed by atoms with Gasteiger partial charge in [-0.25, -0.2) is 0 Å². The number of anilines is 2. The smallest absolute Gasteiger partial charge is 0.263 e. The van der Waals surface area contributed by atoms with Crippen LogP contribution in [0.5, 0.6) is 23.0 Å². The molecule has 27 heavy (non-hydrogen) atoms. The van der Waals surface area contributed by atoms with Gasteiger partial charge in [-0.2, -0.15) is 0 Å². The zero-order chi connectivity index (χ0) is 19.0. The monoisotopic (exact) mass is 363 g/mol. The topological polar surface area (TPSA) is 94.1 Å². The van der Waals surface area contributed by atoms with Gasteiger partial charge in [0.25, 0.3) is 5.91 Å². The Kier molecular flexibility index (Phi) is 4.15. The van der Waals surface area contributed by atoms with E-state index >= 15 is 0 Å². The van der Waals surface area contributed by atoms with Gasteiger partial charge in [-0.1, -0.05) is 24.3 Å². The molecule has 0 bridgehead atoms. The number of hydrogen-bond acceptors (Lipinski definition) is 6. The minimum Gasteiger partial charge on any atom is -0.733 e. The first-order valence-corrected chi connectivity index (χ1v) is 8.18. The molecule has 0 spiro atoms. The van der Waals surface area contributed by atoms with Gasteiger partial charge in [0.15, 0.2) is 5.75 Å². The van der Waals surface area contributed by atoms with Crippen molar-refractivity contribution in [1.82, 2.24) is 0 Å². The number of carbonyl (C=O) groups is 1. The van der Waals surface area contributed by atoms with E-state index in [0.717, 1.165) is 5.56 Å². The van der Waals surface area contributed by atoms with Crippen LogP contribution in [-0.2, 0) is 0 Å². The highest BCUT2D eigenvalue weighted by atomic mass is 16.8. The van der Waals surface area contributed by atoms with Crippen LogP contribution in [-0.4, -0.2) is 11.1 Å². The van der Waals surface area contributed by atoms with Crippen LogP contribution in [0.1, 0.15) is 15.9 Å². The summed E-state index contributed by atoms with van der Waals surface area (Å²) in [5.41, 5.74) is 1.44. The molecule has 1 amide bonds. The van der Waals surface area contributed by atoms with Crippen molar-refractivity contribution in [3.8, 4) is 23.0 Å². The number of hydrogen-bond donors (Lipinski definition) is 2. The molecule has 1 aliphatic heterocycles. The molecule has 0 fully saturated rings. The van der Waals surface area contributed by atoms with E-state index in [1.165, 1.54) is 12.1 Å². The molecular weight excluding hydrogens is 348 g/mol. The number of nitrogens with one attached hydrogen (secondary N) is 1. The van der Waals surface area contributed by atoms with Gasteiger partial charge in [-0.05, 0) is 36.8 Å². The quantitative estimate of drug-likeness (QED) is 0.647.